The molecule has 0 aliphatic heterocycles. The van der Waals surface area contributed by atoms with Crippen molar-refractivity contribution in [1.29, 1.82) is 5.26 Å². The van der Waals surface area contributed by atoms with E-state index in [1.54, 1.807) is 18.5 Å². The zero-order chi connectivity index (χ0) is 16.8. The van der Waals surface area contributed by atoms with Crippen LogP contribution in [0.2, 0.25) is 0 Å². The molecule has 0 fully saturated rings. The second-order valence-corrected chi connectivity index (χ2v) is 5.01. The van der Waals surface area contributed by atoms with Crippen molar-refractivity contribution >= 4 is 17.5 Å². The number of hydrogen-bond acceptors (Lipinski definition) is 6. The largest absolute Gasteiger partial charge is 0.354 e. The highest BCUT2D eigenvalue weighted by Gasteiger charge is 2.08. The monoisotopic (exact) mass is 316 g/mol. The first kappa shape index (κ1) is 15.4. The molecule has 0 aliphatic rings. The van der Waals surface area contributed by atoms with Gasteiger partial charge >= 0.3 is 0 Å². The smallest absolute Gasteiger partial charge is 0.225 e. The third-order valence-electron chi connectivity index (χ3n) is 3.35. The third-order valence-corrected chi connectivity index (χ3v) is 3.35. The van der Waals surface area contributed by atoms with Gasteiger partial charge in [-0.3, -0.25) is 4.98 Å². The molecule has 6 heteroatoms. The Morgan fingerprint density at radius 2 is 1.88 bits per heavy atom. The molecule has 0 spiro atoms. The summed E-state index contributed by atoms with van der Waals surface area (Å²) >= 11 is 0. The fourth-order valence-electron chi connectivity index (χ4n) is 2.25. The maximum atomic E-state index is 9.23. The minimum atomic E-state index is 0.531. The van der Waals surface area contributed by atoms with Crippen molar-refractivity contribution in [3.8, 4) is 17.3 Å². The number of aromatic nitrogens is 3. The second kappa shape index (κ2) is 7.20. The molecule has 0 saturated heterocycles. The van der Waals surface area contributed by atoms with Gasteiger partial charge in [0.05, 0.1) is 16.9 Å². The molecule has 0 unspecified atom stereocenters. The van der Waals surface area contributed by atoms with Crippen LogP contribution in [-0.2, 0) is 0 Å². The van der Waals surface area contributed by atoms with E-state index in [1.165, 1.54) is 0 Å². The second-order valence-electron chi connectivity index (χ2n) is 5.01. The Morgan fingerprint density at radius 3 is 2.62 bits per heavy atom. The Balaban J connectivity index is 2.01. The molecular formula is C18H16N6. The van der Waals surface area contributed by atoms with Crippen LogP contribution in [-0.4, -0.2) is 21.5 Å². The lowest BCUT2D eigenvalue weighted by Gasteiger charge is -2.11. The minimum absolute atomic E-state index is 0.531. The van der Waals surface area contributed by atoms with Crippen LogP contribution < -0.4 is 10.6 Å². The zero-order valence-electron chi connectivity index (χ0n) is 13.2. The van der Waals surface area contributed by atoms with Gasteiger partial charge in [-0.1, -0.05) is 12.1 Å². The first-order valence-corrected chi connectivity index (χ1v) is 7.59. The highest BCUT2D eigenvalue weighted by atomic mass is 15.1. The zero-order valence-corrected chi connectivity index (χ0v) is 13.2. The number of anilines is 3. The summed E-state index contributed by atoms with van der Waals surface area (Å²) in [5, 5.41) is 15.6. The fraction of sp³-hybridized carbons (Fsp3) is 0.111. The standard InChI is InChI=1S/C18H16N6/c1-2-21-18-23-16(13-7-9-20-10-8-13)11-17(24-18)22-15-6-4-3-5-14(15)12-19/h3-11H,2H2,1H3,(H2,21,22,23,24). The average Bonchev–Trinajstić information content (AvgIpc) is 2.63. The Kier molecular flexibility index (Phi) is 4.63. The maximum Gasteiger partial charge on any atom is 0.225 e. The van der Waals surface area contributed by atoms with Gasteiger partial charge in [-0.25, -0.2) is 4.98 Å². The molecule has 0 amide bonds. The predicted molar refractivity (Wildman–Crippen MR) is 93.9 cm³/mol. The van der Waals surface area contributed by atoms with Gasteiger partial charge in [0.1, 0.15) is 11.9 Å². The Morgan fingerprint density at radius 1 is 1.08 bits per heavy atom. The molecule has 1 aromatic carbocycles. The summed E-state index contributed by atoms with van der Waals surface area (Å²) in [5.41, 5.74) is 3.00. The van der Waals surface area contributed by atoms with Crippen molar-refractivity contribution in [1.82, 2.24) is 15.0 Å². The van der Waals surface area contributed by atoms with Crippen LogP contribution in [0.1, 0.15) is 12.5 Å². The number of benzene rings is 1. The van der Waals surface area contributed by atoms with Crippen molar-refractivity contribution in [3.63, 3.8) is 0 Å². The lowest BCUT2D eigenvalue weighted by atomic mass is 10.2. The van der Waals surface area contributed by atoms with Gasteiger partial charge in [-0.2, -0.15) is 10.2 Å². The van der Waals surface area contributed by atoms with Gasteiger partial charge in [0.25, 0.3) is 0 Å². The van der Waals surface area contributed by atoms with Crippen molar-refractivity contribution in [2.45, 2.75) is 6.92 Å². The van der Waals surface area contributed by atoms with E-state index in [4.69, 9.17) is 0 Å². The van der Waals surface area contributed by atoms with Gasteiger partial charge in [0.15, 0.2) is 0 Å². The molecule has 24 heavy (non-hydrogen) atoms. The molecule has 2 heterocycles. The van der Waals surface area contributed by atoms with Gasteiger partial charge in [-0.05, 0) is 31.2 Å². The first-order valence-electron chi connectivity index (χ1n) is 7.59. The summed E-state index contributed by atoms with van der Waals surface area (Å²) in [6, 6.07) is 15.1. The SMILES string of the molecule is CCNc1nc(Nc2ccccc2C#N)cc(-c2ccncc2)n1. The van der Waals surface area contributed by atoms with Crippen molar-refractivity contribution < 1.29 is 0 Å². The lowest BCUT2D eigenvalue weighted by molar-refractivity contribution is 1.09. The van der Waals surface area contributed by atoms with E-state index >= 15 is 0 Å². The summed E-state index contributed by atoms with van der Waals surface area (Å²) in [5.74, 6) is 1.15. The number of hydrogen-bond donors (Lipinski definition) is 2. The van der Waals surface area contributed by atoms with Crippen LogP contribution in [0.25, 0.3) is 11.3 Å². The number of nitriles is 1. The first-order chi connectivity index (χ1) is 11.8. The summed E-state index contributed by atoms with van der Waals surface area (Å²) in [7, 11) is 0. The minimum Gasteiger partial charge on any atom is -0.354 e. The lowest BCUT2D eigenvalue weighted by Crippen LogP contribution is -2.05. The van der Waals surface area contributed by atoms with Crippen molar-refractivity contribution in [2.75, 3.05) is 17.2 Å². The van der Waals surface area contributed by atoms with E-state index in [0.717, 1.165) is 11.3 Å². The van der Waals surface area contributed by atoms with Gasteiger partial charge in [-0.15, -0.1) is 0 Å². The molecule has 3 aromatic rings. The normalized spacial score (nSPS) is 10.0. The Hall–Kier alpha value is -3.46. The highest BCUT2D eigenvalue weighted by molar-refractivity contribution is 5.69. The number of nitrogens with one attached hydrogen (secondary N) is 2. The molecule has 0 saturated carbocycles. The van der Waals surface area contributed by atoms with Gasteiger partial charge in [0.2, 0.25) is 5.95 Å². The van der Waals surface area contributed by atoms with Gasteiger partial charge < -0.3 is 10.6 Å². The molecular weight excluding hydrogens is 300 g/mol. The Labute approximate surface area is 140 Å². The van der Waals surface area contributed by atoms with Crippen LogP contribution in [0, 0.1) is 11.3 Å². The van der Waals surface area contributed by atoms with E-state index in [9.17, 15) is 5.26 Å². The number of para-hydroxylation sites is 1. The number of pyridine rings is 1. The van der Waals surface area contributed by atoms with E-state index in [0.29, 0.717) is 29.6 Å². The maximum absolute atomic E-state index is 9.23. The summed E-state index contributed by atoms with van der Waals surface area (Å²) in [6.45, 7) is 2.70. The molecule has 6 nitrogen and oxygen atoms in total. The molecule has 2 aromatic heterocycles. The number of rotatable bonds is 5. The summed E-state index contributed by atoms with van der Waals surface area (Å²) in [4.78, 5) is 13.0. The van der Waals surface area contributed by atoms with E-state index < -0.39 is 0 Å². The molecule has 0 atom stereocenters. The van der Waals surface area contributed by atoms with Crippen LogP contribution in [0.4, 0.5) is 17.5 Å². The Bertz CT molecular complexity index is 870. The molecule has 0 radical (unpaired) electrons. The van der Waals surface area contributed by atoms with Crippen molar-refractivity contribution in [2.24, 2.45) is 0 Å². The summed E-state index contributed by atoms with van der Waals surface area (Å²) < 4.78 is 0. The molecule has 0 bridgehead atoms. The average molecular weight is 316 g/mol. The molecule has 0 aliphatic carbocycles. The highest BCUT2D eigenvalue weighted by Crippen LogP contribution is 2.24. The van der Waals surface area contributed by atoms with Crippen LogP contribution in [0.3, 0.4) is 0 Å². The van der Waals surface area contributed by atoms with E-state index in [2.05, 4.69) is 31.7 Å². The molecule has 2 N–H and O–H groups in total. The topological polar surface area (TPSA) is 86.5 Å². The van der Waals surface area contributed by atoms with E-state index in [1.807, 2.05) is 43.3 Å². The predicted octanol–water partition coefficient (Wildman–Crippen LogP) is 3.59. The van der Waals surface area contributed by atoms with Crippen LogP contribution in [0.5, 0.6) is 0 Å². The summed E-state index contributed by atoms with van der Waals surface area (Å²) in [6.07, 6.45) is 3.45. The van der Waals surface area contributed by atoms with Crippen molar-refractivity contribution in [3.05, 3.63) is 60.4 Å². The van der Waals surface area contributed by atoms with Crippen LogP contribution >= 0.6 is 0 Å². The third kappa shape index (κ3) is 3.47. The number of nitrogens with zero attached hydrogens (tertiary/aromatic N) is 4. The molecule has 3 rings (SSSR count). The quantitative estimate of drug-likeness (QED) is 0.748. The van der Waals surface area contributed by atoms with Crippen LogP contribution in [0.15, 0.2) is 54.9 Å². The van der Waals surface area contributed by atoms with E-state index in [-0.39, 0.29) is 0 Å². The fourth-order valence-corrected chi connectivity index (χ4v) is 2.25. The van der Waals surface area contributed by atoms with Gasteiger partial charge in [0, 0.05) is 30.6 Å². The molecule has 118 valence electrons.